The van der Waals surface area contributed by atoms with Crippen LogP contribution in [0.1, 0.15) is 12.5 Å². The van der Waals surface area contributed by atoms with Crippen LogP contribution in [0.2, 0.25) is 0 Å². The smallest absolute Gasteiger partial charge is 0.313 e. The van der Waals surface area contributed by atoms with Gasteiger partial charge in [0.15, 0.2) is 11.5 Å². The second-order valence-corrected chi connectivity index (χ2v) is 7.42. The lowest BCUT2D eigenvalue weighted by Gasteiger charge is -2.24. The number of amides is 2. The van der Waals surface area contributed by atoms with Crippen LogP contribution in [0.25, 0.3) is 11.1 Å². The van der Waals surface area contributed by atoms with Gasteiger partial charge in [-0.1, -0.05) is 54.6 Å². The number of carbonyl (C=O) groups excluding carboxylic acids is 2. The highest BCUT2D eigenvalue weighted by molar-refractivity contribution is 6.39. The van der Waals surface area contributed by atoms with E-state index in [0.29, 0.717) is 22.7 Å². The number of hydrogen-bond donors (Lipinski definition) is 3. The van der Waals surface area contributed by atoms with Crippen molar-refractivity contribution in [1.82, 2.24) is 5.32 Å². The van der Waals surface area contributed by atoms with Crippen molar-refractivity contribution in [3.05, 3.63) is 78.4 Å². The summed E-state index contributed by atoms with van der Waals surface area (Å²) >= 11 is 0. The van der Waals surface area contributed by atoms with Gasteiger partial charge in [-0.05, 0) is 35.7 Å². The molecule has 2 amide bonds. The summed E-state index contributed by atoms with van der Waals surface area (Å²) in [5, 5.41) is 15.8. The van der Waals surface area contributed by atoms with E-state index in [9.17, 15) is 14.7 Å². The van der Waals surface area contributed by atoms with E-state index in [1.165, 1.54) is 14.2 Å². The highest BCUT2D eigenvalue weighted by Gasteiger charge is 2.25. The molecule has 1 atom stereocenters. The van der Waals surface area contributed by atoms with Gasteiger partial charge in [0, 0.05) is 11.8 Å². The molecule has 0 aliphatic carbocycles. The molecule has 3 aromatic rings. The van der Waals surface area contributed by atoms with E-state index in [-0.39, 0.29) is 6.54 Å². The Kier molecular flexibility index (Phi) is 7.12. The van der Waals surface area contributed by atoms with Crippen molar-refractivity contribution in [3.63, 3.8) is 0 Å². The Bertz CT molecular complexity index is 1080. The Labute approximate surface area is 187 Å². The SMILES string of the molecule is COc1ccc(NC(=O)C(=O)NCC(C)(O)c2ccc(-c3ccccc3)cc2)cc1OC. The summed E-state index contributed by atoms with van der Waals surface area (Å²) in [5.41, 5.74) is 1.74. The van der Waals surface area contributed by atoms with E-state index in [0.717, 1.165) is 11.1 Å². The van der Waals surface area contributed by atoms with Crippen molar-refractivity contribution in [3.8, 4) is 22.6 Å². The van der Waals surface area contributed by atoms with Crippen LogP contribution in [-0.2, 0) is 15.2 Å². The molecule has 0 bridgehead atoms. The van der Waals surface area contributed by atoms with Crippen LogP contribution in [0, 0.1) is 0 Å². The number of hydrogen-bond acceptors (Lipinski definition) is 5. The third-order valence-electron chi connectivity index (χ3n) is 5.05. The van der Waals surface area contributed by atoms with Crippen LogP contribution in [0.3, 0.4) is 0 Å². The average molecular weight is 434 g/mol. The summed E-state index contributed by atoms with van der Waals surface area (Å²) < 4.78 is 10.3. The van der Waals surface area contributed by atoms with E-state index in [2.05, 4.69) is 10.6 Å². The fourth-order valence-corrected chi connectivity index (χ4v) is 3.19. The van der Waals surface area contributed by atoms with Crippen LogP contribution in [0.15, 0.2) is 72.8 Å². The third kappa shape index (κ3) is 5.44. The first kappa shape index (κ1) is 22.8. The van der Waals surface area contributed by atoms with Gasteiger partial charge in [-0.25, -0.2) is 0 Å². The highest BCUT2D eigenvalue weighted by atomic mass is 16.5. The second-order valence-electron chi connectivity index (χ2n) is 7.42. The van der Waals surface area contributed by atoms with Crippen LogP contribution in [0.4, 0.5) is 5.69 Å². The second kappa shape index (κ2) is 9.98. The zero-order valence-corrected chi connectivity index (χ0v) is 18.2. The summed E-state index contributed by atoms with van der Waals surface area (Å²) in [6.07, 6.45) is 0. The summed E-state index contributed by atoms with van der Waals surface area (Å²) in [4.78, 5) is 24.5. The van der Waals surface area contributed by atoms with Gasteiger partial charge in [0.05, 0.1) is 20.8 Å². The van der Waals surface area contributed by atoms with Crippen LogP contribution < -0.4 is 20.1 Å². The molecule has 0 aliphatic heterocycles. The minimum Gasteiger partial charge on any atom is -0.493 e. The number of aliphatic hydroxyl groups is 1. The minimum atomic E-state index is -1.35. The molecule has 3 rings (SSSR count). The number of anilines is 1. The van der Waals surface area contributed by atoms with Gasteiger partial charge < -0.3 is 25.2 Å². The molecule has 0 saturated carbocycles. The Morgan fingerprint density at radius 2 is 1.47 bits per heavy atom. The molecule has 0 heterocycles. The molecule has 0 fully saturated rings. The molecule has 7 heteroatoms. The lowest BCUT2D eigenvalue weighted by atomic mass is 9.93. The number of carbonyl (C=O) groups is 2. The van der Waals surface area contributed by atoms with E-state index in [4.69, 9.17) is 9.47 Å². The fraction of sp³-hybridized carbons (Fsp3) is 0.200. The molecule has 3 aromatic carbocycles. The standard InChI is InChI=1S/C25H26N2O5/c1-25(30,19-11-9-18(10-12-19)17-7-5-4-6-8-17)16-26-23(28)24(29)27-20-13-14-21(31-2)22(15-20)32-3/h4-15,30H,16H2,1-3H3,(H,26,28)(H,27,29). The number of rotatable bonds is 7. The maximum atomic E-state index is 12.3. The van der Waals surface area contributed by atoms with Gasteiger partial charge in [0.1, 0.15) is 5.60 Å². The molecule has 166 valence electrons. The first-order chi connectivity index (χ1) is 15.3. The monoisotopic (exact) mass is 434 g/mol. The van der Waals surface area contributed by atoms with E-state index >= 15 is 0 Å². The zero-order valence-electron chi connectivity index (χ0n) is 18.2. The Balaban J connectivity index is 1.60. The molecule has 0 spiro atoms. The predicted molar refractivity (Wildman–Crippen MR) is 123 cm³/mol. The van der Waals surface area contributed by atoms with Gasteiger partial charge >= 0.3 is 11.8 Å². The molecule has 0 aliphatic rings. The maximum absolute atomic E-state index is 12.3. The maximum Gasteiger partial charge on any atom is 0.313 e. The summed E-state index contributed by atoms with van der Waals surface area (Å²) in [6.45, 7) is 1.45. The Morgan fingerprint density at radius 1 is 0.844 bits per heavy atom. The van der Waals surface area contributed by atoms with Gasteiger partial charge in [-0.2, -0.15) is 0 Å². The molecule has 3 N–H and O–H groups in total. The quantitative estimate of drug-likeness (QED) is 0.496. The van der Waals surface area contributed by atoms with E-state index < -0.39 is 17.4 Å². The Morgan fingerprint density at radius 3 is 2.09 bits per heavy atom. The van der Waals surface area contributed by atoms with Crippen molar-refractivity contribution in [1.29, 1.82) is 0 Å². The van der Waals surface area contributed by atoms with Crippen molar-refractivity contribution in [2.75, 3.05) is 26.1 Å². The molecular weight excluding hydrogens is 408 g/mol. The molecule has 1 unspecified atom stereocenters. The molecular formula is C25H26N2O5. The van der Waals surface area contributed by atoms with Crippen molar-refractivity contribution in [2.24, 2.45) is 0 Å². The summed E-state index contributed by atoms with van der Waals surface area (Å²) in [5.74, 6) is -0.787. The number of benzene rings is 3. The molecule has 7 nitrogen and oxygen atoms in total. The normalized spacial score (nSPS) is 12.4. The largest absolute Gasteiger partial charge is 0.493 e. The molecule has 0 aromatic heterocycles. The zero-order chi connectivity index (χ0) is 23.1. The van der Waals surface area contributed by atoms with Gasteiger partial charge in [-0.3, -0.25) is 9.59 Å². The van der Waals surface area contributed by atoms with Gasteiger partial charge in [-0.15, -0.1) is 0 Å². The van der Waals surface area contributed by atoms with E-state index in [1.54, 1.807) is 37.3 Å². The van der Waals surface area contributed by atoms with Gasteiger partial charge in [0.25, 0.3) is 0 Å². The van der Waals surface area contributed by atoms with Crippen molar-refractivity contribution >= 4 is 17.5 Å². The van der Waals surface area contributed by atoms with Gasteiger partial charge in [0.2, 0.25) is 0 Å². The van der Waals surface area contributed by atoms with Crippen LogP contribution in [0.5, 0.6) is 11.5 Å². The number of nitrogens with one attached hydrogen (secondary N) is 2. The predicted octanol–water partition coefficient (Wildman–Crippen LogP) is 3.33. The average Bonchev–Trinajstić information content (AvgIpc) is 2.83. The first-order valence-electron chi connectivity index (χ1n) is 10.0. The van der Waals surface area contributed by atoms with Crippen LogP contribution >= 0.6 is 0 Å². The summed E-state index contributed by atoms with van der Waals surface area (Å²) in [6, 6.07) is 22.1. The molecule has 0 saturated heterocycles. The first-order valence-corrected chi connectivity index (χ1v) is 10.0. The van der Waals surface area contributed by atoms with Crippen LogP contribution in [-0.4, -0.2) is 37.7 Å². The minimum absolute atomic E-state index is 0.129. The highest BCUT2D eigenvalue weighted by Crippen LogP contribution is 2.29. The van der Waals surface area contributed by atoms with Crippen molar-refractivity contribution in [2.45, 2.75) is 12.5 Å². The van der Waals surface area contributed by atoms with Crippen molar-refractivity contribution < 1.29 is 24.2 Å². The molecule has 0 radical (unpaired) electrons. The molecule has 32 heavy (non-hydrogen) atoms. The number of methoxy groups -OCH3 is 2. The fourth-order valence-electron chi connectivity index (χ4n) is 3.19. The third-order valence-corrected chi connectivity index (χ3v) is 5.05. The number of ether oxygens (including phenoxy) is 2. The Hall–Kier alpha value is -3.84. The lowest BCUT2D eigenvalue weighted by Crippen LogP contribution is -2.43. The lowest BCUT2D eigenvalue weighted by molar-refractivity contribution is -0.136. The van der Waals surface area contributed by atoms with E-state index in [1.807, 2.05) is 42.5 Å². The summed E-state index contributed by atoms with van der Waals surface area (Å²) in [7, 11) is 2.98. The topological polar surface area (TPSA) is 96.9 Å².